The van der Waals surface area contributed by atoms with Gasteiger partial charge >= 0.3 is 0 Å². The van der Waals surface area contributed by atoms with Crippen LogP contribution in [0.25, 0.3) is 0 Å². The van der Waals surface area contributed by atoms with Crippen molar-refractivity contribution in [2.75, 3.05) is 11.1 Å². The predicted molar refractivity (Wildman–Crippen MR) is 81.1 cm³/mol. The highest BCUT2D eigenvalue weighted by Gasteiger charge is 2.16. The number of sulfone groups is 1. The molecule has 5 nitrogen and oxygen atoms in total. The molecule has 0 aromatic heterocycles. The molecule has 0 aliphatic carbocycles. The van der Waals surface area contributed by atoms with E-state index in [1.54, 1.807) is 26.0 Å². The van der Waals surface area contributed by atoms with E-state index in [4.69, 9.17) is 5.73 Å². The van der Waals surface area contributed by atoms with E-state index in [2.05, 4.69) is 5.32 Å². The Bertz CT molecular complexity index is 536. The van der Waals surface area contributed by atoms with Crippen LogP contribution in [0.3, 0.4) is 0 Å². The largest absolute Gasteiger partial charge is 0.326 e. The van der Waals surface area contributed by atoms with Crippen LogP contribution < -0.4 is 11.1 Å². The summed E-state index contributed by atoms with van der Waals surface area (Å²) in [6.45, 7) is 3.75. The van der Waals surface area contributed by atoms with Gasteiger partial charge in [0.25, 0.3) is 0 Å². The van der Waals surface area contributed by atoms with Crippen molar-refractivity contribution in [1.82, 2.24) is 0 Å². The first-order valence-electron chi connectivity index (χ1n) is 6.65. The molecule has 0 aliphatic rings. The number of rotatable bonds is 7. The molecular weight excluding hydrogens is 276 g/mol. The molecular formula is C14H22N2O3S. The Morgan fingerprint density at radius 2 is 1.85 bits per heavy atom. The lowest BCUT2D eigenvalue weighted by molar-refractivity contribution is -0.116. The van der Waals surface area contributed by atoms with E-state index in [0.29, 0.717) is 18.7 Å². The van der Waals surface area contributed by atoms with Crippen molar-refractivity contribution in [2.45, 2.75) is 38.5 Å². The summed E-state index contributed by atoms with van der Waals surface area (Å²) in [5.41, 5.74) is 7.17. The van der Waals surface area contributed by atoms with Crippen LogP contribution in [0.15, 0.2) is 24.3 Å². The molecule has 0 radical (unpaired) electrons. The number of hydrogen-bond acceptors (Lipinski definition) is 4. The highest BCUT2D eigenvalue weighted by Crippen LogP contribution is 2.10. The third-order valence-corrected chi connectivity index (χ3v) is 5.32. The Morgan fingerprint density at radius 1 is 1.25 bits per heavy atom. The molecule has 0 heterocycles. The topological polar surface area (TPSA) is 89.3 Å². The van der Waals surface area contributed by atoms with Gasteiger partial charge in [-0.15, -0.1) is 0 Å². The smallest absolute Gasteiger partial charge is 0.224 e. The molecule has 1 aromatic rings. The van der Waals surface area contributed by atoms with Gasteiger partial charge < -0.3 is 11.1 Å². The predicted octanol–water partition coefficient (Wildman–Crippen LogP) is 1.69. The molecule has 0 aliphatic heterocycles. The number of nitrogens with one attached hydrogen (secondary N) is 1. The fraction of sp³-hybridized carbons (Fsp3) is 0.500. The van der Waals surface area contributed by atoms with Crippen molar-refractivity contribution >= 4 is 21.4 Å². The summed E-state index contributed by atoms with van der Waals surface area (Å²) in [6, 6.07) is 7.26. The third kappa shape index (κ3) is 5.30. The minimum atomic E-state index is -3.07. The van der Waals surface area contributed by atoms with E-state index < -0.39 is 15.1 Å². The van der Waals surface area contributed by atoms with Crippen LogP contribution in [0.2, 0.25) is 0 Å². The fourth-order valence-corrected chi connectivity index (χ4v) is 2.64. The first-order chi connectivity index (χ1) is 9.35. The van der Waals surface area contributed by atoms with E-state index in [0.717, 1.165) is 5.56 Å². The Labute approximate surface area is 120 Å². The van der Waals surface area contributed by atoms with E-state index in [-0.39, 0.29) is 18.1 Å². The lowest BCUT2D eigenvalue weighted by atomic mass is 10.2. The highest BCUT2D eigenvalue weighted by atomic mass is 32.2. The van der Waals surface area contributed by atoms with Crippen LogP contribution in [-0.4, -0.2) is 25.3 Å². The van der Waals surface area contributed by atoms with Crippen LogP contribution in [0, 0.1) is 0 Å². The van der Waals surface area contributed by atoms with Gasteiger partial charge in [-0.3, -0.25) is 4.79 Å². The third-order valence-electron chi connectivity index (χ3n) is 3.02. The molecule has 112 valence electrons. The van der Waals surface area contributed by atoms with Crippen molar-refractivity contribution < 1.29 is 13.2 Å². The molecule has 6 heteroatoms. The van der Waals surface area contributed by atoms with Gasteiger partial charge in [0, 0.05) is 18.7 Å². The Morgan fingerprint density at radius 3 is 2.35 bits per heavy atom. The Balaban J connectivity index is 2.40. The van der Waals surface area contributed by atoms with Gasteiger partial charge in [0.05, 0.1) is 11.0 Å². The molecule has 1 amide bonds. The number of carbonyl (C=O) groups is 1. The first kappa shape index (κ1) is 16.7. The average Bonchev–Trinajstić information content (AvgIpc) is 2.39. The van der Waals surface area contributed by atoms with Gasteiger partial charge in [0.15, 0.2) is 9.84 Å². The molecule has 1 rings (SSSR count). The van der Waals surface area contributed by atoms with E-state index in [9.17, 15) is 13.2 Å². The van der Waals surface area contributed by atoms with Crippen LogP contribution in [0.5, 0.6) is 0 Å². The molecule has 3 N–H and O–H groups in total. The number of amides is 1. The minimum absolute atomic E-state index is 0.0458. The van der Waals surface area contributed by atoms with Crippen molar-refractivity contribution in [3.63, 3.8) is 0 Å². The number of benzene rings is 1. The fourth-order valence-electron chi connectivity index (χ4n) is 1.62. The van der Waals surface area contributed by atoms with Crippen LogP contribution in [0.1, 0.15) is 32.3 Å². The van der Waals surface area contributed by atoms with Gasteiger partial charge in [-0.05, 0) is 38.0 Å². The second-order valence-corrected chi connectivity index (χ2v) is 7.65. The lowest BCUT2D eigenvalue weighted by Gasteiger charge is -2.08. The standard InChI is InChI=1S/C14H22N2O3S/c1-11(2)20(18,19)9-3-4-14(17)16-13-7-5-12(10-15)6-8-13/h5-8,11H,3-4,9-10,15H2,1-2H3,(H,16,17). The number of carbonyl (C=O) groups excluding carboxylic acids is 1. The van der Waals surface area contributed by atoms with Gasteiger partial charge in [-0.1, -0.05) is 12.1 Å². The van der Waals surface area contributed by atoms with E-state index >= 15 is 0 Å². The molecule has 1 aromatic carbocycles. The van der Waals surface area contributed by atoms with Crippen molar-refractivity contribution in [1.29, 1.82) is 0 Å². The SMILES string of the molecule is CC(C)S(=O)(=O)CCCC(=O)Nc1ccc(CN)cc1. The summed E-state index contributed by atoms with van der Waals surface area (Å²) in [5, 5.41) is 2.34. The minimum Gasteiger partial charge on any atom is -0.326 e. The zero-order valence-corrected chi connectivity index (χ0v) is 12.7. The quantitative estimate of drug-likeness (QED) is 0.801. The summed E-state index contributed by atoms with van der Waals surface area (Å²) in [4.78, 5) is 11.7. The normalized spacial score (nSPS) is 11.6. The number of hydrogen-bond donors (Lipinski definition) is 2. The van der Waals surface area contributed by atoms with Crippen LogP contribution in [-0.2, 0) is 21.2 Å². The molecule has 0 saturated carbocycles. The molecule has 0 saturated heterocycles. The van der Waals surface area contributed by atoms with Crippen molar-refractivity contribution in [2.24, 2.45) is 5.73 Å². The van der Waals surface area contributed by atoms with Gasteiger partial charge in [0.1, 0.15) is 0 Å². The van der Waals surface area contributed by atoms with E-state index in [1.165, 1.54) is 0 Å². The zero-order valence-electron chi connectivity index (χ0n) is 11.9. The monoisotopic (exact) mass is 298 g/mol. The number of anilines is 1. The number of nitrogens with two attached hydrogens (primary N) is 1. The first-order valence-corrected chi connectivity index (χ1v) is 8.37. The highest BCUT2D eigenvalue weighted by molar-refractivity contribution is 7.91. The van der Waals surface area contributed by atoms with E-state index in [1.807, 2.05) is 12.1 Å². The van der Waals surface area contributed by atoms with Crippen LogP contribution in [0.4, 0.5) is 5.69 Å². The lowest BCUT2D eigenvalue weighted by Crippen LogP contribution is -2.19. The molecule has 0 bridgehead atoms. The van der Waals surface area contributed by atoms with Crippen molar-refractivity contribution in [3.8, 4) is 0 Å². The van der Waals surface area contributed by atoms with Crippen molar-refractivity contribution in [3.05, 3.63) is 29.8 Å². The summed E-state index contributed by atoms with van der Waals surface area (Å²) < 4.78 is 23.2. The summed E-state index contributed by atoms with van der Waals surface area (Å²) in [6.07, 6.45) is 0.540. The molecule has 0 atom stereocenters. The van der Waals surface area contributed by atoms with Crippen LogP contribution >= 0.6 is 0 Å². The maximum atomic E-state index is 11.7. The second kappa shape index (κ2) is 7.40. The average molecular weight is 298 g/mol. The molecule has 0 fully saturated rings. The molecule has 0 unspecified atom stereocenters. The second-order valence-electron chi connectivity index (χ2n) is 4.97. The van der Waals surface area contributed by atoms with Gasteiger partial charge in [-0.2, -0.15) is 0 Å². The van der Waals surface area contributed by atoms with Gasteiger partial charge in [-0.25, -0.2) is 8.42 Å². The molecule has 20 heavy (non-hydrogen) atoms. The summed E-state index contributed by atoms with van der Waals surface area (Å²) in [7, 11) is -3.07. The zero-order chi connectivity index (χ0) is 15.2. The Kier molecular flexibility index (Phi) is 6.16. The maximum Gasteiger partial charge on any atom is 0.224 e. The molecule has 0 spiro atoms. The van der Waals surface area contributed by atoms with Gasteiger partial charge in [0.2, 0.25) is 5.91 Å². The summed E-state index contributed by atoms with van der Waals surface area (Å²) >= 11 is 0. The Hall–Kier alpha value is -1.40. The summed E-state index contributed by atoms with van der Waals surface area (Å²) in [5.74, 6) is -0.131. The maximum absolute atomic E-state index is 11.7.